The molecule has 1 heterocycles. The van der Waals surface area contributed by atoms with Crippen LogP contribution >= 0.6 is 34.2 Å². The summed E-state index contributed by atoms with van der Waals surface area (Å²) in [5, 5.41) is 0.744. The zero-order valence-corrected chi connectivity index (χ0v) is 14.6. The molecule has 1 aromatic heterocycles. The van der Waals surface area contributed by atoms with Crippen LogP contribution in [0.4, 0.5) is 5.82 Å². The summed E-state index contributed by atoms with van der Waals surface area (Å²) in [6, 6.07) is 7.81. The van der Waals surface area contributed by atoms with E-state index in [9.17, 15) is 0 Å². The molecular formula is C16H17ClIN3. The van der Waals surface area contributed by atoms with Gasteiger partial charge in [0.05, 0.1) is 9.26 Å². The fourth-order valence-electron chi connectivity index (χ4n) is 2.87. The summed E-state index contributed by atoms with van der Waals surface area (Å²) in [6.07, 6.45) is 5.70. The Bertz CT molecular complexity index is 637. The Hall–Kier alpha value is -0.880. The number of hydrogen-bond acceptors (Lipinski definition) is 3. The van der Waals surface area contributed by atoms with Gasteiger partial charge in [0.2, 0.25) is 0 Å². The van der Waals surface area contributed by atoms with Crippen molar-refractivity contribution in [3.05, 3.63) is 49.9 Å². The fourth-order valence-corrected chi connectivity index (χ4v) is 3.67. The van der Waals surface area contributed by atoms with Crippen molar-refractivity contribution >= 4 is 40.0 Å². The fraction of sp³-hybridized carbons (Fsp3) is 0.375. The van der Waals surface area contributed by atoms with Gasteiger partial charge in [-0.15, -0.1) is 0 Å². The lowest BCUT2D eigenvalue weighted by Crippen LogP contribution is -2.10. The number of hydrogen-bond donors (Lipinski definition) is 1. The van der Waals surface area contributed by atoms with Crippen LogP contribution in [0.5, 0.6) is 0 Å². The normalized spacial score (nSPS) is 15.5. The van der Waals surface area contributed by atoms with E-state index < -0.39 is 0 Å². The predicted molar refractivity (Wildman–Crippen MR) is 94.6 cm³/mol. The molecule has 1 aliphatic carbocycles. The lowest BCUT2D eigenvalue weighted by molar-refractivity contribution is 0.682. The number of aromatic nitrogens is 2. The summed E-state index contributed by atoms with van der Waals surface area (Å²) < 4.78 is 1.03. The van der Waals surface area contributed by atoms with Crippen LogP contribution in [-0.2, 0) is 6.42 Å². The van der Waals surface area contributed by atoms with Gasteiger partial charge in [-0.1, -0.05) is 36.6 Å². The minimum atomic E-state index is 0.547. The highest BCUT2D eigenvalue weighted by Gasteiger charge is 2.23. The van der Waals surface area contributed by atoms with E-state index in [-0.39, 0.29) is 0 Å². The second-order valence-corrected chi connectivity index (χ2v) is 7.02. The Kier molecular flexibility index (Phi) is 4.64. The van der Waals surface area contributed by atoms with Gasteiger partial charge in [-0.25, -0.2) is 9.97 Å². The molecule has 3 rings (SSSR count). The molecule has 0 amide bonds. The van der Waals surface area contributed by atoms with E-state index in [1.54, 1.807) is 0 Å². The van der Waals surface area contributed by atoms with Crippen molar-refractivity contribution in [2.75, 3.05) is 5.73 Å². The van der Waals surface area contributed by atoms with E-state index in [4.69, 9.17) is 22.3 Å². The highest BCUT2D eigenvalue weighted by atomic mass is 127. The maximum Gasteiger partial charge on any atom is 0.140 e. The van der Waals surface area contributed by atoms with Crippen molar-refractivity contribution < 1.29 is 0 Å². The second-order valence-electron chi connectivity index (χ2n) is 5.51. The van der Waals surface area contributed by atoms with Crippen molar-refractivity contribution in [1.82, 2.24) is 9.97 Å². The van der Waals surface area contributed by atoms with Crippen molar-refractivity contribution in [2.24, 2.45) is 0 Å². The molecule has 1 saturated carbocycles. The van der Waals surface area contributed by atoms with E-state index in [0.29, 0.717) is 18.2 Å². The summed E-state index contributed by atoms with van der Waals surface area (Å²) in [5.41, 5.74) is 8.38. The molecular weight excluding hydrogens is 397 g/mol. The zero-order valence-electron chi connectivity index (χ0n) is 11.6. The predicted octanol–water partition coefficient (Wildman–Crippen LogP) is 4.57. The number of nitrogens with two attached hydrogens (primary N) is 1. The molecule has 1 aromatic carbocycles. The molecule has 0 aliphatic heterocycles. The minimum Gasteiger partial charge on any atom is -0.383 e. The van der Waals surface area contributed by atoms with E-state index in [2.05, 4.69) is 27.6 Å². The van der Waals surface area contributed by atoms with Crippen LogP contribution in [0.3, 0.4) is 0 Å². The standard InChI is InChI=1S/C16H17ClIN3/c17-12-7-5-10(6-8-12)9-13-20-15(11-3-1-2-4-11)14(18)16(19)21-13/h5-8,11H,1-4,9H2,(H2,19,20,21). The smallest absolute Gasteiger partial charge is 0.140 e. The SMILES string of the molecule is Nc1nc(Cc2ccc(Cl)cc2)nc(C2CCCC2)c1I. The number of halogens is 2. The average Bonchev–Trinajstić information content (AvgIpc) is 2.99. The van der Waals surface area contributed by atoms with Crippen molar-refractivity contribution in [2.45, 2.75) is 38.0 Å². The minimum absolute atomic E-state index is 0.547. The molecule has 2 N–H and O–H groups in total. The number of anilines is 1. The quantitative estimate of drug-likeness (QED) is 0.750. The van der Waals surface area contributed by atoms with Crippen molar-refractivity contribution in [3.8, 4) is 0 Å². The summed E-state index contributed by atoms with van der Waals surface area (Å²) in [5.74, 6) is 1.96. The number of nitrogen functional groups attached to an aromatic ring is 1. The highest BCUT2D eigenvalue weighted by Crippen LogP contribution is 2.36. The number of nitrogens with zero attached hydrogens (tertiary/aromatic N) is 2. The Balaban J connectivity index is 1.90. The Labute approximate surface area is 143 Å². The van der Waals surface area contributed by atoms with Gasteiger partial charge < -0.3 is 5.73 Å². The molecule has 0 atom stereocenters. The maximum atomic E-state index is 6.09. The first-order valence-electron chi connectivity index (χ1n) is 7.19. The van der Waals surface area contributed by atoms with Crippen LogP contribution in [-0.4, -0.2) is 9.97 Å². The molecule has 0 saturated heterocycles. The van der Waals surface area contributed by atoms with Crippen molar-refractivity contribution in [3.63, 3.8) is 0 Å². The third kappa shape index (κ3) is 3.48. The maximum absolute atomic E-state index is 6.09. The van der Waals surface area contributed by atoms with Crippen LogP contribution in [0.1, 0.15) is 48.7 Å². The summed E-state index contributed by atoms with van der Waals surface area (Å²) in [4.78, 5) is 9.25. The largest absolute Gasteiger partial charge is 0.383 e. The van der Waals surface area contributed by atoms with E-state index in [1.807, 2.05) is 24.3 Å². The lowest BCUT2D eigenvalue weighted by atomic mass is 10.0. The molecule has 0 radical (unpaired) electrons. The molecule has 5 heteroatoms. The first kappa shape index (κ1) is 15.0. The van der Waals surface area contributed by atoms with E-state index in [1.165, 1.54) is 25.7 Å². The van der Waals surface area contributed by atoms with Gasteiger partial charge in [0.25, 0.3) is 0 Å². The summed E-state index contributed by atoms with van der Waals surface area (Å²) in [6.45, 7) is 0. The van der Waals surface area contributed by atoms with E-state index in [0.717, 1.165) is 25.7 Å². The van der Waals surface area contributed by atoms with Gasteiger partial charge in [0.15, 0.2) is 0 Å². The van der Waals surface area contributed by atoms with Gasteiger partial charge in [0.1, 0.15) is 11.6 Å². The third-order valence-electron chi connectivity index (χ3n) is 3.97. The van der Waals surface area contributed by atoms with Gasteiger partial charge >= 0.3 is 0 Å². The van der Waals surface area contributed by atoms with Gasteiger partial charge in [0, 0.05) is 17.4 Å². The van der Waals surface area contributed by atoms with Gasteiger partial charge in [-0.3, -0.25) is 0 Å². The Morgan fingerprint density at radius 3 is 2.48 bits per heavy atom. The molecule has 110 valence electrons. The Morgan fingerprint density at radius 1 is 1.14 bits per heavy atom. The Morgan fingerprint density at radius 2 is 1.81 bits per heavy atom. The molecule has 0 spiro atoms. The molecule has 21 heavy (non-hydrogen) atoms. The topological polar surface area (TPSA) is 51.8 Å². The highest BCUT2D eigenvalue weighted by molar-refractivity contribution is 14.1. The van der Waals surface area contributed by atoms with Crippen LogP contribution in [0.25, 0.3) is 0 Å². The van der Waals surface area contributed by atoms with E-state index >= 15 is 0 Å². The van der Waals surface area contributed by atoms with Crippen molar-refractivity contribution in [1.29, 1.82) is 0 Å². The summed E-state index contributed by atoms with van der Waals surface area (Å²) >= 11 is 8.20. The molecule has 1 aliphatic rings. The van der Waals surface area contributed by atoms with Crippen LogP contribution in [0.15, 0.2) is 24.3 Å². The molecule has 3 nitrogen and oxygen atoms in total. The molecule has 0 unspecified atom stereocenters. The number of benzene rings is 1. The average molecular weight is 414 g/mol. The first-order valence-corrected chi connectivity index (χ1v) is 8.65. The molecule has 2 aromatic rings. The van der Waals surface area contributed by atoms with Crippen LogP contribution in [0.2, 0.25) is 5.02 Å². The molecule has 1 fully saturated rings. The monoisotopic (exact) mass is 413 g/mol. The molecule has 0 bridgehead atoms. The zero-order chi connectivity index (χ0) is 14.8. The third-order valence-corrected chi connectivity index (χ3v) is 5.32. The summed E-state index contributed by atoms with van der Waals surface area (Å²) in [7, 11) is 0. The number of rotatable bonds is 3. The second kappa shape index (κ2) is 6.48. The van der Waals surface area contributed by atoms with Gasteiger partial charge in [-0.05, 0) is 53.1 Å². The van der Waals surface area contributed by atoms with Gasteiger partial charge in [-0.2, -0.15) is 0 Å². The lowest BCUT2D eigenvalue weighted by Gasteiger charge is -2.14. The first-order chi connectivity index (χ1) is 10.1. The van der Waals surface area contributed by atoms with Crippen LogP contribution in [0, 0.1) is 3.57 Å². The van der Waals surface area contributed by atoms with Crippen LogP contribution < -0.4 is 5.73 Å².